The zero-order valence-electron chi connectivity index (χ0n) is 9.88. The number of benzene rings is 2. The molecule has 92 valence electrons. The maximum atomic E-state index is 10.7. The van der Waals surface area contributed by atoms with Crippen LogP contribution in [-0.4, -0.2) is 4.92 Å². The normalized spacial score (nSPS) is 10.1. The molecule has 0 unspecified atom stereocenters. The summed E-state index contributed by atoms with van der Waals surface area (Å²) in [6.45, 7) is 1.96. The zero-order valence-corrected chi connectivity index (χ0v) is 9.88. The number of nitrogens with zero attached hydrogens (tertiary/aromatic N) is 1. The van der Waals surface area contributed by atoms with E-state index in [-0.39, 0.29) is 5.69 Å². The summed E-state index contributed by atoms with van der Waals surface area (Å²) in [5.74, 6) is 0. The van der Waals surface area contributed by atoms with Crippen LogP contribution < -0.4 is 11.1 Å². The van der Waals surface area contributed by atoms with E-state index in [2.05, 4.69) is 5.32 Å². The van der Waals surface area contributed by atoms with Crippen molar-refractivity contribution in [3.8, 4) is 0 Å². The van der Waals surface area contributed by atoms with Gasteiger partial charge in [-0.15, -0.1) is 0 Å². The topological polar surface area (TPSA) is 81.2 Å². The van der Waals surface area contributed by atoms with E-state index in [0.29, 0.717) is 11.4 Å². The molecule has 18 heavy (non-hydrogen) atoms. The number of nitrogens with two attached hydrogens (primary N) is 1. The van der Waals surface area contributed by atoms with E-state index in [9.17, 15) is 10.1 Å². The van der Waals surface area contributed by atoms with E-state index in [1.807, 2.05) is 31.2 Å². The van der Waals surface area contributed by atoms with Crippen LogP contribution in [0.5, 0.6) is 0 Å². The van der Waals surface area contributed by atoms with E-state index < -0.39 is 4.92 Å². The first-order chi connectivity index (χ1) is 8.56. The molecule has 0 aliphatic heterocycles. The Morgan fingerprint density at radius 2 is 1.94 bits per heavy atom. The Balaban J connectivity index is 2.35. The molecule has 0 bridgehead atoms. The molecule has 2 aromatic carbocycles. The van der Waals surface area contributed by atoms with Crippen LogP contribution in [0, 0.1) is 17.0 Å². The lowest BCUT2D eigenvalue weighted by Crippen LogP contribution is -1.97. The van der Waals surface area contributed by atoms with Gasteiger partial charge in [0.15, 0.2) is 0 Å². The highest BCUT2D eigenvalue weighted by Gasteiger charge is 2.08. The second-order valence-electron chi connectivity index (χ2n) is 4.01. The van der Waals surface area contributed by atoms with E-state index >= 15 is 0 Å². The molecule has 0 fully saturated rings. The molecule has 2 rings (SSSR count). The molecule has 0 radical (unpaired) electrons. The number of anilines is 3. The Morgan fingerprint density at radius 1 is 1.22 bits per heavy atom. The van der Waals surface area contributed by atoms with Crippen molar-refractivity contribution in [1.29, 1.82) is 0 Å². The van der Waals surface area contributed by atoms with Crippen molar-refractivity contribution >= 4 is 22.7 Å². The van der Waals surface area contributed by atoms with Gasteiger partial charge in [0, 0.05) is 29.2 Å². The summed E-state index contributed by atoms with van der Waals surface area (Å²) in [7, 11) is 0. The van der Waals surface area contributed by atoms with Gasteiger partial charge >= 0.3 is 0 Å². The lowest BCUT2D eigenvalue weighted by molar-refractivity contribution is -0.384. The van der Waals surface area contributed by atoms with Gasteiger partial charge in [0.25, 0.3) is 5.69 Å². The number of nitro groups is 1. The fourth-order valence-electron chi connectivity index (χ4n) is 1.68. The van der Waals surface area contributed by atoms with Gasteiger partial charge in [-0.05, 0) is 24.6 Å². The van der Waals surface area contributed by atoms with E-state index in [4.69, 9.17) is 5.73 Å². The minimum Gasteiger partial charge on any atom is -0.398 e. The van der Waals surface area contributed by atoms with E-state index in [0.717, 1.165) is 11.3 Å². The molecular formula is C13H13N3O2. The smallest absolute Gasteiger partial charge is 0.273 e. The lowest BCUT2D eigenvalue weighted by Gasteiger charge is -2.09. The Morgan fingerprint density at radius 3 is 2.61 bits per heavy atom. The van der Waals surface area contributed by atoms with Gasteiger partial charge in [-0.2, -0.15) is 0 Å². The first-order valence-corrected chi connectivity index (χ1v) is 5.44. The minimum atomic E-state index is -0.459. The Kier molecular flexibility index (Phi) is 3.14. The maximum absolute atomic E-state index is 10.7. The van der Waals surface area contributed by atoms with Crippen molar-refractivity contribution in [2.45, 2.75) is 6.92 Å². The van der Waals surface area contributed by atoms with Gasteiger partial charge in [0.2, 0.25) is 0 Å². The molecule has 5 nitrogen and oxygen atoms in total. The van der Waals surface area contributed by atoms with Gasteiger partial charge < -0.3 is 11.1 Å². The molecule has 0 aliphatic rings. The molecule has 0 heterocycles. The number of nitrogen functional groups attached to an aromatic ring is 1. The van der Waals surface area contributed by atoms with Crippen LogP contribution in [0.25, 0.3) is 0 Å². The monoisotopic (exact) mass is 243 g/mol. The summed E-state index contributed by atoms with van der Waals surface area (Å²) in [6, 6.07) is 12.2. The summed E-state index contributed by atoms with van der Waals surface area (Å²) >= 11 is 0. The third-order valence-corrected chi connectivity index (χ3v) is 2.57. The predicted molar refractivity (Wildman–Crippen MR) is 72.0 cm³/mol. The van der Waals surface area contributed by atoms with Crippen LogP contribution in [0.3, 0.4) is 0 Å². The second-order valence-corrected chi connectivity index (χ2v) is 4.01. The zero-order chi connectivity index (χ0) is 13.1. The van der Waals surface area contributed by atoms with Crippen LogP contribution in [0.2, 0.25) is 0 Å². The third kappa shape index (κ3) is 2.57. The number of para-hydroxylation sites is 1. The number of aryl methyl sites for hydroxylation is 1. The number of nitrogens with one attached hydrogen (secondary N) is 1. The number of hydrogen-bond donors (Lipinski definition) is 2. The first-order valence-electron chi connectivity index (χ1n) is 5.44. The van der Waals surface area contributed by atoms with E-state index in [1.165, 1.54) is 12.1 Å². The standard InChI is InChI=1S/C13H13N3O2/c1-9-4-2-3-5-13(9)15-11-6-10(14)7-12(8-11)16(17)18/h2-8,15H,14H2,1H3. The summed E-state index contributed by atoms with van der Waals surface area (Å²) < 4.78 is 0. The molecule has 0 spiro atoms. The van der Waals surface area contributed by atoms with Gasteiger partial charge in [0.05, 0.1) is 4.92 Å². The highest BCUT2D eigenvalue weighted by molar-refractivity contribution is 5.69. The van der Waals surface area contributed by atoms with Crippen LogP contribution in [0.1, 0.15) is 5.56 Å². The largest absolute Gasteiger partial charge is 0.398 e. The van der Waals surface area contributed by atoms with Gasteiger partial charge in [-0.3, -0.25) is 10.1 Å². The number of rotatable bonds is 3. The summed E-state index contributed by atoms with van der Waals surface area (Å²) in [4.78, 5) is 10.3. The van der Waals surface area contributed by atoms with Crippen molar-refractivity contribution in [2.24, 2.45) is 0 Å². The fourth-order valence-corrected chi connectivity index (χ4v) is 1.68. The summed E-state index contributed by atoms with van der Waals surface area (Å²) in [5.41, 5.74) is 8.55. The summed E-state index contributed by atoms with van der Waals surface area (Å²) in [5, 5.41) is 13.9. The Hall–Kier alpha value is -2.56. The third-order valence-electron chi connectivity index (χ3n) is 2.57. The second kappa shape index (κ2) is 4.75. The molecular weight excluding hydrogens is 230 g/mol. The van der Waals surface area contributed by atoms with Gasteiger partial charge in [0.1, 0.15) is 0 Å². The number of nitro benzene ring substituents is 1. The highest BCUT2D eigenvalue weighted by Crippen LogP contribution is 2.26. The quantitative estimate of drug-likeness (QED) is 0.492. The van der Waals surface area contributed by atoms with Crippen molar-refractivity contribution in [3.63, 3.8) is 0 Å². The first kappa shape index (κ1) is 11.9. The minimum absolute atomic E-state index is 0.0221. The maximum Gasteiger partial charge on any atom is 0.273 e. The molecule has 3 N–H and O–H groups in total. The van der Waals surface area contributed by atoms with Crippen molar-refractivity contribution in [2.75, 3.05) is 11.1 Å². The SMILES string of the molecule is Cc1ccccc1Nc1cc(N)cc([N+](=O)[O-])c1. The van der Waals surface area contributed by atoms with Crippen LogP contribution in [-0.2, 0) is 0 Å². The van der Waals surface area contributed by atoms with E-state index in [1.54, 1.807) is 6.07 Å². The lowest BCUT2D eigenvalue weighted by atomic mass is 10.2. The average molecular weight is 243 g/mol. The number of non-ortho nitro benzene ring substituents is 1. The van der Waals surface area contributed by atoms with Crippen LogP contribution in [0.4, 0.5) is 22.7 Å². The fraction of sp³-hybridized carbons (Fsp3) is 0.0769. The molecule has 5 heteroatoms. The molecule has 0 aromatic heterocycles. The predicted octanol–water partition coefficient (Wildman–Crippen LogP) is 3.23. The molecule has 2 aromatic rings. The molecule has 0 aliphatic carbocycles. The molecule has 0 amide bonds. The average Bonchev–Trinajstić information content (AvgIpc) is 2.31. The number of hydrogen-bond acceptors (Lipinski definition) is 4. The van der Waals surface area contributed by atoms with Crippen molar-refractivity contribution < 1.29 is 4.92 Å². The van der Waals surface area contributed by atoms with Gasteiger partial charge in [-0.1, -0.05) is 18.2 Å². The highest BCUT2D eigenvalue weighted by atomic mass is 16.6. The van der Waals surface area contributed by atoms with Crippen LogP contribution >= 0.6 is 0 Å². The molecule has 0 saturated heterocycles. The molecule has 0 atom stereocenters. The molecule has 0 saturated carbocycles. The van der Waals surface area contributed by atoms with Crippen LogP contribution in [0.15, 0.2) is 42.5 Å². The van der Waals surface area contributed by atoms with Gasteiger partial charge in [-0.25, -0.2) is 0 Å². The van der Waals surface area contributed by atoms with Crippen molar-refractivity contribution in [1.82, 2.24) is 0 Å². The Labute approximate surface area is 104 Å². The Bertz CT molecular complexity index is 597. The van der Waals surface area contributed by atoms with Crippen molar-refractivity contribution in [3.05, 3.63) is 58.1 Å². The summed E-state index contributed by atoms with van der Waals surface area (Å²) in [6.07, 6.45) is 0.